The monoisotopic (exact) mass is 399 g/mol. The van der Waals surface area contributed by atoms with E-state index < -0.39 is 0 Å². The number of aromatic nitrogens is 3. The molecule has 1 aromatic carbocycles. The summed E-state index contributed by atoms with van der Waals surface area (Å²) in [6, 6.07) is 7.44. The van der Waals surface area contributed by atoms with Gasteiger partial charge in [-0.15, -0.1) is 5.10 Å². The van der Waals surface area contributed by atoms with E-state index in [0.29, 0.717) is 11.9 Å². The van der Waals surface area contributed by atoms with Gasteiger partial charge in [0.2, 0.25) is 0 Å². The fourth-order valence-electron chi connectivity index (χ4n) is 3.40. The fourth-order valence-corrected chi connectivity index (χ4v) is 3.40. The number of rotatable bonds is 16. The molecule has 160 valence electrons. The van der Waals surface area contributed by atoms with Gasteiger partial charge in [0.15, 0.2) is 0 Å². The smallest absolute Gasteiger partial charge is 0.317 e. The van der Waals surface area contributed by atoms with Crippen molar-refractivity contribution in [1.82, 2.24) is 15.2 Å². The maximum absolute atomic E-state index is 12.0. The highest BCUT2D eigenvalue weighted by Gasteiger charge is 2.09. The number of benzene rings is 1. The Morgan fingerprint density at radius 2 is 1.52 bits per heavy atom. The average Bonchev–Trinajstić information content (AvgIpc) is 3.14. The van der Waals surface area contributed by atoms with E-state index in [0.717, 1.165) is 18.4 Å². The van der Waals surface area contributed by atoms with E-state index in [1.54, 1.807) is 0 Å². The number of carbonyl (C=O) groups is 1. The number of para-hydroxylation sites is 1. The number of unbranched alkanes of at least 4 members (excludes halogenated alkanes) is 11. The minimum Gasteiger partial charge on any atom is -0.317 e. The van der Waals surface area contributed by atoms with E-state index in [1.807, 2.05) is 24.3 Å². The standard InChI is InChI=1S/C24H37N3O2/c1-2-3-4-5-6-7-8-9-10-11-12-13-14-15-16-21-24(28)29-27-23-20-18-17-19-22(23)25-26-27/h9-10,17-20H,2-8,11-16,21H2,1H3/b10-9-. The molecule has 0 radical (unpaired) electrons. The summed E-state index contributed by atoms with van der Waals surface area (Å²) in [4.78, 5) is 18.5. The zero-order chi connectivity index (χ0) is 20.6. The molecule has 0 aliphatic carbocycles. The van der Waals surface area contributed by atoms with E-state index >= 15 is 0 Å². The van der Waals surface area contributed by atoms with Crippen molar-refractivity contribution in [3.63, 3.8) is 0 Å². The summed E-state index contributed by atoms with van der Waals surface area (Å²) in [5.41, 5.74) is 1.44. The van der Waals surface area contributed by atoms with Gasteiger partial charge >= 0.3 is 5.97 Å². The number of carbonyl (C=O) groups excluding carboxylic acids is 1. The summed E-state index contributed by atoms with van der Waals surface area (Å²) in [6.07, 6.45) is 21.3. The zero-order valence-corrected chi connectivity index (χ0v) is 18.0. The van der Waals surface area contributed by atoms with Gasteiger partial charge in [-0.3, -0.25) is 0 Å². The molecule has 0 aliphatic rings. The molecule has 0 fully saturated rings. The SMILES string of the molecule is CCCCCCCC/C=C\CCCCCCCC(=O)On1nnc2ccccc21. The molecule has 0 spiro atoms. The Kier molecular flexibility index (Phi) is 11.8. The van der Waals surface area contributed by atoms with Crippen molar-refractivity contribution in [2.75, 3.05) is 0 Å². The van der Waals surface area contributed by atoms with Gasteiger partial charge in [0.1, 0.15) is 11.0 Å². The first-order valence-corrected chi connectivity index (χ1v) is 11.5. The van der Waals surface area contributed by atoms with Crippen LogP contribution in [0.15, 0.2) is 36.4 Å². The molecular weight excluding hydrogens is 362 g/mol. The topological polar surface area (TPSA) is 57.0 Å². The zero-order valence-electron chi connectivity index (χ0n) is 18.0. The van der Waals surface area contributed by atoms with Gasteiger partial charge in [-0.05, 0) is 49.5 Å². The van der Waals surface area contributed by atoms with Crippen LogP contribution in [0.5, 0.6) is 0 Å². The quantitative estimate of drug-likeness (QED) is 0.185. The largest absolute Gasteiger partial charge is 0.335 e. The molecule has 5 heteroatoms. The Hall–Kier alpha value is -2.17. The van der Waals surface area contributed by atoms with Gasteiger partial charge in [0, 0.05) is 6.42 Å². The summed E-state index contributed by atoms with van der Waals surface area (Å²) in [7, 11) is 0. The van der Waals surface area contributed by atoms with Crippen LogP contribution < -0.4 is 4.84 Å². The van der Waals surface area contributed by atoms with Gasteiger partial charge in [-0.1, -0.05) is 87.4 Å². The lowest BCUT2D eigenvalue weighted by molar-refractivity contribution is -0.145. The number of allylic oxidation sites excluding steroid dienone is 2. The highest BCUT2D eigenvalue weighted by molar-refractivity contribution is 5.75. The predicted molar refractivity (Wildman–Crippen MR) is 119 cm³/mol. The lowest BCUT2D eigenvalue weighted by Gasteiger charge is -2.03. The van der Waals surface area contributed by atoms with Gasteiger partial charge in [-0.25, -0.2) is 4.79 Å². The Bertz CT molecular complexity index is 724. The Labute approximate surface area is 175 Å². The second kappa shape index (κ2) is 14.8. The Balaban J connectivity index is 1.41. The number of hydrogen-bond acceptors (Lipinski definition) is 4. The van der Waals surface area contributed by atoms with E-state index in [1.165, 1.54) is 75.5 Å². The molecule has 0 bridgehead atoms. The summed E-state index contributed by atoms with van der Waals surface area (Å²) in [6.45, 7) is 2.26. The Morgan fingerprint density at radius 1 is 0.897 bits per heavy atom. The van der Waals surface area contributed by atoms with Crippen LogP contribution >= 0.6 is 0 Å². The van der Waals surface area contributed by atoms with Gasteiger partial charge in [0.05, 0.1) is 0 Å². The van der Waals surface area contributed by atoms with Crippen LogP contribution in [0.4, 0.5) is 0 Å². The molecule has 0 amide bonds. The molecular formula is C24H37N3O2. The molecule has 5 nitrogen and oxygen atoms in total. The molecule has 2 aromatic rings. The van der Waals surface area contributed by atoms with Crippen molar-refractivity contribution in [2.24, 2.45) is 0 Å². The van der Waals surface area contributed by atoms with Crippen molar-refractivity contribution < 1.29 is 9.63 Å². The third kappa shape index (κ3) is 9.73. The maximum atomic E-state index is 12.0. The summed E-state index contributed by atoms with van der Waals surface area (Å²) < 4.78 is 0. The number of hydrogen-bond donors (Lipinski definition) is 0. The third-order valence-electron chi connectivity index (χ3n) is 5.15. The van der Waals surface area contributed by atoms with Gasteiger partial charge in [-0.2, -0.15) is 0 Å². The fraction of sp³-hybridized carbons (Fsp3) is 0.625. The van der Waals surface area contributed by atoms with Crippen molar-refractivity contribution in [3.05, 3.63) is 36.4 Å². The van der Waals surface area contributed by atoms with Gasteiger partial charge < -0.3 is 4.84 Å². The van der Waals surface area contributed by atoms with Crippen LogP contribution in [-0.4, -0.2) is 21.1 Å². The molecule has 0 atom stereocenters. The number of fused-ring (bicyclic) bond motifs is 1. The molecule has 0 unspecified atom stereocenters. The predicted octanol–water partition coefficient (Wildman–Crippen LogP) is 6.42. The normalized spacial score (nSPS) is 11.5. The van der Waals surface area contributed by atoms with Crippen molar-refractivity contribution >= 4 is 17.0 Å². The van der Waals surface area contributed by atoms with E-state index in [4.69, 9.17) is 4.84 Å². The molecule has 1 heterocycles. The molecule has 0 saturated carbocycles. The van der Waals surface area contributed by atoms with Crippen LogP contribution in [0.2, 0.25) is 0 Å². The van der Waals surface area contributed by atoms with Crippen LogP contribution in [0.25, 0.3) is 11.0 Å². The van der Waals surface area contributed by atoms with Crippen molar-refractivity contribution in [1.29, 1.82) is 0 Å². The maximum Gasteiger partial charge on any atom is 0.335 e. The highest BCUT2D eigenvalue weighted by atomic mass is 16.7. The van der Waals surface area contributed by atoms with E-state index in [9.17, 15) is 4.79 Å². The minimum atomic E-state index is -0.252. The molecule has 0 saturated heterocycles. The molecule has 0 aliphatic heterocycles. The molecule has 0 N–H and O–H groups in total. The van der Waals surface area contributed by atoms with E-state index in [2.05, 4.69) is 29.4 Å². The first kappa shape index (κ1) is 23.1. The average molecular weight is 400 g/mol. The first-order chi connectivity index (χ1) is 14.3. The lowest BCUT2D eigenvalue weighted by atomic mass is 10.1. The summed E-state index contributed by atoms with van der Waals surface area (Å²) >= 11 is 0. The van der Waals surface area contributed by atoms with Crippen molar-refractivity contribution in [3.8, 4) is 0 Å². The second-order valence-electron chi connectivity index (χ2n) is 7.75. The molecule has 29 heavy (non-hydrogen) atoms. The number of nitrogens with zero attached hydrogens (tertiary/aromatic N) is 3. The summed E-state index contributed by atoms with van der Waals surface area (Å²) in [5.74, 6) is -0.252. The molecule has 1 aromatic heterocycles. The van der Waals surface area contributed by atoms with Crippen molar-refractivity contribution in [2.45, 2.75) is 96.8 Å². The highest BCUT2D eigenvalue weighted by Crippen LogP contribution is 2.11. The third-order valence-corrected chi connectivity index (χ3v) is 5.15. The van der Waals surface area contributed by atoms with Crippen LogP contribution in [0.3, 0.4) is 0 Å². The van der Waals surface area contributed by atoms with E-state index in [-0.39, 0.29) is 5.97 Å². The lowest BCUT2D eigenvalue weighted by Crippen LogP contribution is -2.20. The molecule has 2 rings (SSSR count). The van der Waals surface area contributed by atoms with Crippen LogP contribution in [-0.2, 0) is 4.79 Å². The van der Waals surface area contributed by atoms with Crippen LogP contribution in [0, 0.1) is 0 Å². The minimum absolute atomic E-state index is 0.252. The van der Waals surface area contributed by atoms with Gasteiger partial charge in [0.25, 0.3) is 0 Å². The first-order valence-electron chi connectivity index (χ1n) is 11.5. The van der Waals surface area contributed by atoms with Crippen LogP contribution in [0.1, 0.15) is 96.8 Å². The second-order valence-corrected chi connectivity index (χ2v) is 7.75. The Morgan fingerprint density at radius 3 is 2.24 bits per heavy atom. The summed E-state index contributed by atoms with van der Waals surface area (Å²) in [5, 5.41) is 7.85.